The lowest BCUT2D eigenvalue weighted by Gasteiger charge is -2.30. The average Bonchev–Trinajstić information content (AvgIpc) is 2.79. The molecule has 0 saturated heterocycles. The van der Waals surface area contributed by atoms with Crippen molar-refractivity contribution in [3.8, 4) is 5.75 Å². The summed E-state index contributed by atoms with van der Waals surface area (Å²) >= 11 is 15.8. The lowest BCUT2D eigenvalue weighted by molar-refractivity contribution is -0.143. The molecular weight excluding hydrogens is 551 g/mol. The molecule has 0 aliphatic carbocycles. The third-order valence-electron chi connectivity index (χ3n) is 5.70. The predicted octanol–water partition coefficient (Wildman–Crippen LogP) is 7.16. The van der Waals surface area contributed by atoms with Crippen LogP contribution < -0.4 is 10.1 Å². The Balaban J connectivity index is 2.24. The minimum Gasteiger partial charge on any atom is -0.483 e. The van der Waals surface area contributed by atoms with Gasteiger partial charge in [0, 0.05) is 13.1 Å². The van der Waals surface area contributed by atoms with Crippen LogP contribution in [0, 0.1) is 0 Å². The highest BCUT2D eigenvalue weighted by Gasteiger charge is 2.29. The van der Waals surface area contributed by atoms with Crippen LogP contribution in [-0.2, 0) is 21.5 Å². The summed E-state index contributed by atoms with van der Waals surface area (Å²) in [6.45, 7) is 10.9. The van der Waals surface area contributed by atoms with E-state index in [1.54, 1.807) is 23.1 Å². The second-order valence-electron chi connectivity index (χ2n) is 9.52. The Kier molecular flexibility index (Phi) is 11.4. The number of rotatable bonds is 11. The molecule has 2 rings (SSSR count). The maximum absolute atomic E-state index is 13.4. The normalized spacial score (nSPS) is 12.2. The minimum atomic E-state index is -0.635. The van der Waals surface area contributed by atoms with E-state index in [4.69, 9.17) is 27.9 Å². The van der Waals surface area contributed by atoms with Crippen molar-refractivity contribution in [1.29, 1.82) is 0 Å². The molecule has 5 nitrogen and oxygen atoms in total. The van der Waals surface area contributed by atoms with Gasteiger partial charge < -0.3 is 15.0 Å². The highest BCUT2D eigenvalue weighted by atomic mass is 79.9. The minimum absolute atomic E-state index is 0.00694. The Morgan fingerprint density at radius 3 is 2.37 bits per heavy atom. The zero-order chi connectivity index (χ0) is 26.2. The van der Waals surface area contributed by atoms with E-state index in [9.17, 15) is 9.59 Å². The number of amides is 2. The van der Waals surface area contributed by atoms with E-state index in [0.29, 0.717) is 28.8 Å². The number of nitrogens with one attached hydrogen (secondary N) is 1. The quantitative estimate of drug-likeness (QED) is 0.285. The summed E-state index contributed by atoms with van der Waals surface area (Å²) in [7, 11) is 0. The second kappa shape index (κ2) is 13.5. The molecule has 2 aromatic carbocycles. The van der Waals surface area contributed by atoms with Crippen molar-refractivity contribution < 1.29 is 14.3 Å². The fraction of sp³-hybridized carbons (Fsp3) is 0.481. The number of unbranched alkanes of at least 4 members (excludes halogenated alkanes) is 1. The first kappa shape index (κ1) is 29.5. The van der Waals surface area contributed by atoms with Crippen molar-refractivity contribution in [2.24, 2.45) is 0 Å². The molecule has 35 heavy (non-hydrogen) atoms. The van der Waals surface area contributed by atoms with E-state index in [-0.39, 0.29) is 30.4 Å². The van der Waals surface area contributed by atoms with E-state index in [2.05, 4.69) is 48.9 Å². The second-order valence-corrected chi connectivity index (χ2v) is 11.2. The third-order valence-corrected chi connectivity index (χ3v) is 7.06. The topological polar surface area (TPSA) is 58.6 Å². The molecule has 0 aliphatic heterocycles. The van der Waals surface area contributed by atoms with Gasteiger partial charge in [-0.3, -0.25) is 9.59 Å². The smallest absolute Gasteiger partial charge is 0.261 e. The van der Waals surface area contributed by atoms with Crippen LogP contribution in [0.4, 0.5) is 0 Å². The van der Waals surface area contributed by atoms with Gasteiger partial charge in [-0.2, -0.15) is 0 Å². The fourth-order valence-electron chi connectivity index (χ4n) is 3.57. The van der Waals surface area contributed by atoms with Crippen molar-refractivity contribution in [2.75, 3.05) is 13.2 Å². The van der Waals surface area contributed by atoms with Crippen LogP contribution >= 0.6 is 39.1 Å². The van der Waals surface area contributed by atoms with Gasteiger partial charge in [0.2, 0.25) is 5.91 Å². The van der Waals surface area contributed by atoms with Crippen molar-refractivity contribution in [1.82, 2.24) is 10.2 Å². The summed E-state index contributed by atoms with van der Waals surface area (Å²) in [6, 6.07) is 10.4. The highest BCUT2D eigenvalue weighted by Crippen LogP contribution is 2.31. The first-order chi connectivity index (χ1) is 16.5. The first-order valence-corrected chi connectivity index (χ1v) is 13.5. The Morgan fingerprint density at radius 1 is 1.09 bits per heavy atom. The molecule has 8 heteroatoms. The molecule has 1 atom stereocenters. The lowest BCUT2D eigenvalue weighted by Crippen LogP contribution is -2.50. The van der Waals surface area contributed by atoms with Gasteiger partial charge in [-0.25, -0.2) is 0 Å². The maximum Gasteiger partial charge on any atom is 0.261 e. The molecule has 0 radical (unpaired) electrons. The highest BCUT2D eigenvalue weighted by molar-refractivity contribution is 9.10. The van der Waals surface area contributed by atoms with Crippen molar-refractivity contribution in [2.45, 2.75) is 71.9 Å². The largest absolute Gasteiger partial charge is 0.483 e. The monoisotopic (exact) mass is 584 g/mol. The van der Waals surface area contributed by atoms with Crippen LogP contribution in [0.2, 0.25) is 10.0 Å². The van der Waals surface area contributed by atoms with Gasteiger partial charge in [0.15, 0.2) is 6.61 Å². The lowest BCUT2D eigenvalue weighted by atomic mass is 9.87. The Bertz CT molecular complexity index is 1020. The number of hydrogen-bond donors (Lipinski definition) is 1. The zero-order valence-corrected chi connectivity index (χ0v) is 24.2. The molecule has 0 unspecified atom stereocenters. The Morgan fingerprint density at radius 2 is 1.80 bits per heavy atom. The standard InChI is InChI=1S/C27H35BrCl2N2O3/c1-6-8-13-31-26(34)23(7-2)32(16-18-9-11-21(29)22(30)14-18)25(33)17-35-24-12-10-19(15-20(24)28)27(3,4)5/h9-12,14-15,23H,6-8,13,16-17H2,1-5H3,(H,31,34)/t23-/m0/s1. The van der Waals surface area contributed by atoms with Gasteiger partial charge in [0.25, 0.3) is 5.91 Å². The van der Waals surface area contributed by atoms with Crippen LogP contribution in [0.25, 0.3) is 0 Å². The maximum atomic E-state index is 13.4. The SMILES string of the molecule is CCCCNC(=O)[C@H](CC)N(Cc1ccc(Cl)c(Cl)c1)C(=O)COc1ccc(C(C)(C)C)cc1Br. The molecule has 192 valence electrons. The number of halogens is 3. The molecule has 2 aromatic rings. The molecule has 0 bridgehead atoms. The van der Waals surface area contributed by atoms with Gasteiger partial charge in [0.1, 0.15) is 11.8 Å². The molecule has 2 amide bonds. The van der Waals surface area contributed by atoms with E-state index < -0.39 is 6.04 Å². The zero-order valence-electron chi connectivity index (χ0n) is 21.1. The summed E-state index contributed by atoms with van der Waals surface area (Å²) in [6.07, 6.45) is 2.32. The van der Waals surface area contributed by atoms with Crippen LogP contribution in [0.3, 0.4) is 0 Å². The number of carbonyl (C=O) groups is 2. The Hall–Kier alpha value is -1.76. The van der Waals surface area contributed by atoms with Crippen LogP contribution in [0.5, 0.6) is 5.75 Å². The summed E-state index contributed by atoms with van der Waals surface area (Å²) in [5, 5.41) is 3.79. The molecule has 0 fully saturated rings. The molecule has 0 spiro atoms. The van der Waals surface area contributed by atoms with Crippen LogP contribution in [0.1, 0.15) is 65.0 Å². The van der Waals surface area contributed by atoms with Crippen molar-refractivity contribution in [3.63, 3.8) is 0 Å². The number of ether oxygens (including phenoxy) is 1. The first-order valence-electron chi connectivity index (χ1n) is 11.9. The van der Waals surface area contributed by atoms with E-state index in [1.165, 1.54) is 0 Å². The molecular formula is C27H35BrCl2N2O3. The van der Waals surface area contributed by atoms with Crippen LogP contribution in [0.15, 0.2) is 40.9 Å². The van der Waals surface area contributed by atoms with E-state index in [1.807, 2.05) is 25.1 Å². The summed E-state index contributed by atoms with van der Waals surface area (Å²) < 4.78 is 6.66. The van der Waals surface area contributed by atoms with Crippen molar-refractivity contribution in [3.05, 3.63) is 62.0 Å². The number of benzene rings is 2. The number of hydrogen-bond acceptors (Lipinski definition) is 3. The molecule has 0 saturated carbocycles. The molecule has 1 N–H and O–H groups in total. The summed E-state index contributed by atoms with van der Waals surface area (Å²) in [5.74, 6) is 0.103. The predicted molar refractivity (Wildman–Crippen MR) is 147 cm³/mol. The van der Waals surface area contributed by atoms with E-state index >= 15 is 0 Å². The van der Waals surface area contributed by atoms with Gasteiger partial charge in [-0.05, 0) is 69.6 Å². The van der Waals surface area contributed by atoms with Crippen LogP contribution in [-0.4, -0.2) is 35.9 Å². The summed E-state index contributed by atoms with van der Waals surface area (Å²) in [5.41, 5.74) is 1.93. The Labute approximate surface area is 227 Å². The third kappa shape index (κ3) is 8.69. The van der Waals surface area contributed by atoms with Gasteiger partial charge in [-0.15, -0.1) is 0 Å². The van der Waals surface area contributed by atoms with Gasteiger partial charge >= 0.3 is 0 Å². The number of carbonyl (C=O) groups excluding carboxylic acids is 2. The molecule has 0 heterocycles. The number of nitrogens with zero attached hydrogens (tertiary/aromatic N) is 1. The van der Waals surface area contributed by atoms with Gasteiger partial charge in [-0.1, -0.05) is 76.4 Å². The van der Waals surface area contributed by atoms with Gasteiger partial charge in [0.05, 0.1) is 14.5 Å². The van der Waals surface area contributed by atoms with E-state index in [0.717, 1.165) is 28.4 Å². The summed E-state index contributed by atoms with van der Waals surface area (Å²) in [4.78, 5) is 27.9. The van der Waals surface area contributed by atoms with Crippen molar-refractivity contribution >= 4 is 50.9 Å². The average molecular weight is 586 g/mol. The molecule has 0 aromatic heterocycles. The fourth-order valence-corrected chi connectivity index (χ4v) is 4.38. The molecule has 0 aliphatic rings.